The van der Waals surface area contributed by atoms with E-state index in [2.05, 4.69) is 10.4 Å². The summed E-state index contributed by atoms with van der Waals surface area (Å²) in [6.07, 6.45) is 2.48. The monoisotopic (exact) mass is 444 g/mol. The molecular formula is C18H22Cl2N4O3S. The summed E-state index contributed by atoms with van der Waals surface area (Å²) in [5.41, 5.74) is 0. The van der Waals surface area contributed by atoms with Gasteiger partial charge >= 0.3 is 0 Å². The molecule has 1 fully saturated rings. The Kier molecular flexibility index (Phi) is 6.34. The summed E-state index contributed by atoms with van der Waals surface area (Å²) in [6, 6.07) is 6.47. The van der Waals surface area contributed by atoms with Crippen LogP contribution in [0.25, 0.3) is 0 Å². The molecule has 1 aromatic heterocycles. The molecule has 1 aromatic carbocycles. The fraction of sp³-hybridized carbons (Fsp3) is 0.444. The Bertz CT molecular complexity index is 947. The van der Waals surface area contributed by atoms with Gasteiger partial charge in [0.15, 0.2) is 0 Å². The van der Waals surface area contributed by atoms with Crippen LogP contribution < -0.4 is 5.32 Å². The summed E-state index contributed by atoms with van der Waals surface area (Å²) >= 11 is 12.1. The maximum Gasteiger partial charge on any atom is 0.246 e. The molecule has 1 amide bonds. The number of halogens is 2. The van der Waals surface area contributed by atoms with E-state index in [1.54, 1.807) is 23.0 Å². The van der Waals surface area contributed by atoms with E-state index in [1.165, 1.54) is 16.4 Å². The van der Waals surface area contributed by atoms with E-state index in [9.17, 15) is 13.2 Å². The number of rotatable bonds is 5. The first-order valence-electron chi connectivity index (χ1n) is 9.00. The van der Waals surface area contributed by atoms with Gasteiger partial charge in [-0.2, -0.15) is 9.40 Å². The van der Waals surface area contributed by atoms with Crippen molar-refractivity contribution in [3.05, 3.63) is 40.5 Å². The van der Waals surface area contributed by atoms with Gasteiger partial charge in [-0.25, -0.2) is 13.1 Å². The topological polar surface area (TPSA) is 84.3 Å². The summed E-state index contributed by atoms with van der Waals surface area (Å²) in [5.74, 6) is 0.233. The second kappa shape index (κ2) is 8.41. The Morgan fingerprint density at radius 1 is 1.18 bits per heavy atom. The maximum absolute atomic E-state index is 12.9. The summed E-state index contributed by atoms with van der Waals surface area (Å²) in [4.78, 5) is 12.5. The molecule has 1 N–H and O–H groups in total. The first kappa shape index (κ1) is 21.1. The molecule has 0 spiro atoms. The molecule has 2 heterocycles. The highest BCUT2D eigenvalue weighted by molar-refractivity contribution is 7.89. The van der Waals surface area contributed by atoms with Crippen LogP contribution in [0.4, 0.5) is 5.82 Å². The molecule has 0 atom stereocenters. The van der Waals surface area contributed by atoms with Gasteiger partial charge in [0.2, 0.25) is 15.9 Å². The van der Waals surface area contributed by atoms with Crippen molar-refractivity contribution in [3.8, 4) is 0 Å². The number of amides is 1. The Balaban J connectivity index is 1.67. The number of nitrogens with one attached hydrogen (secondary N) is 1. The summed E-state index contributed by atoms with van der Waals surface area (Å²) in [6.45, 7) is 4.41. The zero-order chi connectivity index (χ0) is 20.5. The Labute approximate surface area is 174 Å². The van der Waals surface area contributed by atoms with Crippen LogP contribution in [0.3, 0.4) is 0 Å². The molecule has 7 nitrogen and oxygen atoms in total. The molecule has 0 saturated carbocycles. The average Bonchev–Trinajstić information content (AvgIpc) is 3.10. The predicted octanol–water partition coefficient (Wildman–Crippen LogP) is 3.81. The molecule has 2 aromatic rings. The third-order valence-electron chi connectivity index (χ3n) is 4.75. The molecule has 28 heavy (non-hydrogen) atoms. The highest BCUT2D eigenvalue weighted by Gasteiger charge is 2.34. The smallest absolute Gasteiger partial charge is 0.246 e. The van der Waals surface area contributed by atoms with Crippen LogP contribution in [0.2, 0.25) is 10.0 Å². The van der Waals surface area contributed by atoms with Crippen LogP contribution in [-0.4, -0.2) is 41.5 Å². The third-order valence-corrected chi connectivity index (χ3v) is 7.61. The van der Waals surface area contributed by atoms with Gasteiger partial charge in [-0.3, -0.25) is 4.79 Å². The van der Waals surface area contributed by atoms with Gasteiger partial charge in [0.25, 0.3) is 0 Å². The van der Waals surface area contributed by atoms with E-state index >= 15 is 0 Å². The number of carbonyl (C=O) groups is 1. The van der Waals surface area contributed by atoms with Crippen LogP contribution in [0.1, 0.15) is 32.7 Å². The van der Waals surface area contributed by atoms with Crippen molar-refractivity contribution in [3.63, 3.8) is 0 Å². The van der Waals surface area contributed by atoms with Gasteiger partial charge < -0.3 is 5.32 Å². The van der Waals surface area contributed by atoms with Crippen LogP contribution in [0.15, 0.2) is 35.4 Å². The van der Waals surface area contributed by atoms with Gasteiger partial charge in [-0.15, -0.1) is 0 Å². The average molecular weight is 445 g/mol. The number of hydrogen-bond acceptors (Lipinski definition) is 4. The quantitative estimate of drug-likeness (QED) is 0.759. The van der Waals surface area contributed by atoms with Crippen LogP contribution in [0.5, 0.6) is 0 Å². The molecule has 152 valence electrons. The standard InChI is InChI=1S/C18H22Cl2N4O3S/c1-12(2)24-16(6-9-21-24)22-18(25)13-7-10-23(11-8-13)28(26,27)17-14(19)4-3-5-15(17)20/h3-6,9,12-13H,7-8,10-11H2,1-2H3,(H,22,25). The number of aromatic nitrogens is 2. The molecule has 0 aliphatic carbocycles. The van der Waals surface area contributed by atoms with E-state index in [0.717, 1.165) is 0 Å². The van der Waals surface area contributed by atoms with Crippen molar-refractivity contribution in [2.24, 2.45) is 5.92 Å². The van der Waals surface area contributed by atoms with Crippen molar-refractivity contribution >= 4 is 45.0 Å². The second-order valence-corrected chi connectivity index (χ2v) is 9.66. The highest BCUT2D eigenvalue weighted by Crippen LogP contribution is 2.33. The van der Waals surface area contributed by atoms with E-state index in [1.807, 2.05) is 13.8 Å². The number of piperidine rings is 1. The molecule has 0 radical (unpaired) electrons. The van der Waals surface area contributed by atoms with E-state index in [0.29, 0.717) is 18.7 Å². The number of carbonyl (C=O) groups excluding carboxylic acids is 1. The number of nitrogens with zero attached hydrogens (tertiary/aromatic N) is 3. The summed E-state index contributed by atoms with van der Waals surface area (Å²) in [5, 5.41) is 7.28. The fourth-order valence-corrected chi connectivity index (χ4v) is 5.83. The minimum atomic E-state index is -3.82. The lowest BCUT2D eigenvalue weighted by atomic mass is 9.97. The van der Waals surface area contributed by atoms with Crippen LogP contribution in [-0.2, 0) is 14.8 Å². The van der Waals surface area contributed by atoms with E-state index in [4.69, 9.17) is 23.2 Å². The van der Waals surface area contributed by atoms with Crippen molar-refractivity contribution in [1.29, 1.82) is 0 Å². The van der Waals surface area contributed by atoms with Gasteiger partial charge in [0.05, 0.1) is 16.2 Å². The van der Waals surface area contributed by atoms with Crippen LogP contribution >= 0.6 is 23.2 Å². The van der Waals surface area contributed by atoms with E-state index in [-0.39, 0.29) is 45.9 Å². The van der Waals surface area contributed by atoms with Crippen molar-refractivity contribution in [2.45, 2.75) is 37.6 Å². The molecule has 10 heteroatoms. The SMILES string of the molecule is CC(C)n1nccc1NC(=O)C1CCN(S(=O)(=O)c2c(Cl)cccc2Cl)CC1. The largest absolute Gasteiger partial charge is 0.311 e. The van der Waals surface area contributed by atoms with Crippen molar-refractivity contribution < 1.29 is 13.2 Å². The molecule has 3 rings (SSSR count). The number of benzene rings is 1. The molecule has 1 aliphatic heterocycles. The lowest BCUT2D eigenvalue weighted by Crippen LogP contribution is -2.41. The molecule has 1 aliphatic rings. The highest BCUT2D eigenvalue weighted by atomic mass is 35.5. The fourth-order valence-electron chi connectivity index (χ4n) is 3.27. The molecule has 0 unspecified atom stereocenters. The predicted molar refractivity (Wildman–Crippen MR) is 109 cm³/mol. The first-order chi connectivity index (χ1) is 13.2. The lowest BCUT2D eigenvalue weighted by Gasteiger charge is -2.31. The Hall–Kier alpha value is -1.61. The summed E-state index contributed by atoms with van der Waals surface area (Å²) in [7, 11) is -3.82. The van der Waals surface area contributed by atoms with Gasteiger partial charge in [-0.05, 0) is 38.8 Å². The zero-order valence-electron chi connectivity index (χ0n) is 15.6. The van der Waals surface area contributed by atoms with Gasteiger partial charge in [0, 0.05) is 31.1 Å². The summed E-state index contributed by atoms with van der Waals surface area (Å²) < 4.78 is 28.9. The number of sulfonamides is 1. The van der Waals surface area contributed by atoms with Gasteiger partial charge in [-0.1, -0.05) is 29.3 Å². The number of hydrogen-bond donors (Lipinski definition) is 1. The molecular weight excluding hydrogens is 423 g/mol. The Morgan fingerprint density at radius 2 is 1.79 bits per heavy atom. The second-order valence-electron chi connectivity index (χ2n) is 6.97. The van der Waals surface area contributed by atoms with Crippen LogP contribution in [0, 0.1) is 5.92 Å². The van der Waals surface area contributed by atoms with Crippen molar-refractivity contribution in [2.75, 3.05) is 18.4 Å². The lowest BCUT2D eigenvalue weighted by molar-refractivity contribution is -0.121. The molecule has 0 bridgehead atoms. The van der Waals surface area contributed by atoms with Gasteiger partial charge in [0.1, 0.15) is 10.7 Å². The van der Waals surface area contributed by atoms with E-state index < -0.39 is 10.0 Å². The molecule has 1 saturated heterocycles. The van der Waals surface area contributed by atoms with Crippen molar-refractivity contribution in [1.82, 2.24) is 14.1 Å². The maximum atomic E-state index is 12.9. The Morgan fingerprint density at radius 3 is 2.36 bits per heavy atom. The first-order valence-corrected chi connectivity index (χ1v) is 11.2. The third kappa shape index (κ3) is 4.20. The number of anilines is 1. The minimum Gasteiger partial charge on any atom is -0.311 e. The normalized spacial score (nSPS) is 16.5. The zero-order valence-corrected chi connectivity index (χ0v) is 17.9. The minimum absolute atomic E-state index is 0.0814.